The number of rotatable bonds is 7. The van der Waals surface area contributed by atoms with E-state index in [4.69, 9.17) is 0 Å². The molecule has 0 saturated heterocycles. The predicted molar refractivity (Wildman–Crippen MR) is 78.7 cm³/mol. The van der Waals surface area contributed by atoms with Crippen molar-refractivity contribution in [2.24, 2.45) is 11.3 Å². The Morgan fingerprint density at radius 2 is 1.71 bits per heavy atom. The molecule has 2 aliphatic carbocycles. The van der Waals surface area contributed by atoms with Crippen molar-refractivity contribution in [1.82, 2.24) is 5.32 Å². The van der Waals surface area contributed by atoms with E-state index in [1.807, 2.05) is 0 Å². The van der Waals surface area contributed by atoms with Gasteiger partial charge >= 0.3 is 0 Å². The number of hydrogen-bond acceptors (Lipinski definition) is 2. The summed E-state index contributed by atoms with van der Waals surface area (Å²) in [5, 5.41) is 3.81. The Balaban J connectivity index is 1.77. The Labute approximate surface area is 112 Å². The zero-order valence-electron chi connectivity index (χ0n) is 11.8. The maximum Gasteiger partial charge on any atom is 0.0282 e. The summed E-state index contributed by atoms with van der Waals surface area (Å²) in [5.41, 5.74) is 0.642. The lowest BCUT2D eigenvalue weighted by molar-refractivity contribution is 0.224. The van der Waals surface area contributed by atoms with Crippen molar-refractivity contribution in [2.45, 2.75) is 63.5 Å². The standard InChI is InChI=1S/C15H29NS/c1-13(2)10-14(6-4-5-7-14)11-16-12-15(17-3)8-9-15/h13,16H,4-12H2,1-3H3. The lowest BCUT2D eigenvalue weighted by Gasteiger charge is -2.32. The smallest absolute Gasteiger partial charge is 0.0282 e. The molecule has 0 unspecified atom stereocenters. The molecule has 1 nitrogen and oxygen atoms in total. The van der Waals surface area contributed by atoms with Gasteiger partial charge in [0.25, 0.3) is 0 Å². The minimum atomic E-state index is 0.623. The van der Waals surface area contributed by atoms with Gasteiger partial charge in [0.15, 0.2) is 0 Å². The van der Waals surface area contributed by atoms with Crippen LogP contribution in [0.2, 0.25) is 0 Å². The van der Waals surface area contributed by atoms with Crippen LogP contribution >= 0.6 is 11.8 Å². The van der Waals surface area contributed by atoms with E-state index in [1.165, 1.54) is 58.0 Å². The molecule has 2 aliphatic rings. The zero-order chi connectivity index (χ0) is 12.4. The molecule has 17 heavy (non-hydrogen) atoms. The molecule has 0 aromatic heterocycles. The average molecular weight is 255 g/mol. The Morgan fingerprint density at radius 3 is 2.18 bits per heavy atom. The van der Waals surface area contributed by atoms with Gasteiger partial charge < -0.3 is 5.32 Å². The van der Waals surface area contributed by atoms with Crippen molar-refractivity contribution >= 4 is 11.8 Å². The van der Waals surface area contributed by atoms with Crippen LogP contribution in [0.3, 0.4) is 0 Å². The van der Waals surface area contributed by atoms with Gasteiger partial charge in [0.2, 0.25) is 0 Å². The van der Waals surface area contributed by atoms with E-state index >= 15 is 0 Å². The molecular weight excluding hydrogens is 226 g/mol. The van der Waals surface area contributed by atoms with Gasteiger partial charge in [-0.2, -0.15) is 11.8 Å². The molecule has 0 aromatic rings. The minimum absolute atomic E-state index is 0.623. The van der Waals surface area contributed by atoms with Crippen molar-refractivity contribution < 1.29 is 0 Å². The maximum absolute atomic E-state index is 3.81. The molecule has 0 aromatic carbocycles. The van der Waals surface area contributed by atoms with Crippen LogP contribution in [0.15, 0.2) is 0 Å². The highest BCUT2D eigenvalue weighted by atomic mass is 32.2. The molecule has 0 heterocycles. The van der Waals surface area contributed by atoms with Gasteiger partial charge in [-0.25, -0.2) is 0 Å². The van der Waals surface area contributed by atoms with Gasteiger partial charge in [-0.05, 0) is 49.7 Å². The van der Waals surface area contributed by atoms with Gasteiger partial charge in [0, 0.05) is 17.8 Å². The number of nitrogens with one attached hydrogen (secondary N) is 1. The Bertz CT molecular complexity index is 239. The Hall–Kier alpha value is 0.310. The first-order chi connectivity index (χ1) is 8.10. The molecule has 0 spiro atoms. The molecular formula is C15H29NS. The largest absolute Gasteiger partial charge is 0.315 e. The monoisotopic (exact) mass is 255 g/mol. The second-order valence-electron chi connectivity index (χ2n) is 6.80. The third-order valence-corrected chi connectivity index (χ3v) is 6.11. The van der Waals surface area contributed by atoms with E-state index in [0.29, 0.717) is 10.2 Å². The quantitative estimate of drug-likeness (QED) is 0.736. The van der Waals surface area contributed by atoms with Crippen molar-refractivity contribution in [3.8, 4) is 0 Å². The first kappa shape index (κ1) is 13.7. The highest BCUT2D eigenvalue weighted by Gasteiger charge is 2.42. The molecule has 2 fully saturated rings. The Morgan fingerprint density at radius 1 is 1.06 bits per heavy atom. The van der Waals surface area contributed by atoms with Crippen LogP contribution in [0.25, 0.3) is 0 Å². The molecule has 2 rings (SSSR count). The van der Waals surface area contributed by atoms with Crippen molar-refractivity contribution in [2.75, 3.05) is 19.3 Å². The second-order valence-corrected chi connectivity index (χ2v) is 8.07. The first-order valence-corrected chi connectivity index (χ1v) is 8.58. The van der Waals surface area contributed by atoms with Crippen LogP contribution in [-0.2, 0) is 0 Å². The molecule has 2 heteroatoms. The van der Waals surface area contributed by atoms with Crippen LogP contribution in [0, 0.1) is 11.3 Å². The predicted octanol–water partition coefficient (Wildman–Crippen LogP) is 4.08. The highest BCUT2D eigenvalue weighted by molar-refractivity contribution is 8.00. The molecule has 0 atom stereocenters. The lowest BCUT2D eigenvalue weighted by atomic mass is 9.78. The van der Waals surface area contributed by atoms with E-state index in [0.717, 1.165) is 5.92 Å². The normalized spacial score (nSPS) is 25.4. The minimum Gasteiger partial charge on any atom is -0.315 e. The van der Waals surface area contributed by atoms with E-state index < -0.39 is 0 Å². The van der Waals surface area contributed by atoms with Gasteiger partial charge in [0.1, 0.15) is 0 Å². The summed E-state index contributed by atoms with van der Waals surface area (Å²) in [5.74, 6) is 0.852. The topological polar surface area (TPSA) is 12.0 Å². The summed E-state index contributed by atoms with van der Waals surface area (Å²) in [6, 6.07) is 0. The molecule has 2 saturated carbocycles. The van der Waals surface area contributed by atoms with E-state index in [2.05, 4.69) is 37.2 Å². The van der Waals surface area contributed by atoms with Crippen molar-refractivity contribution in [3.05, 3.63) is 0 Å². The number of hydrogen-bond donors (Lipinski definition) is 1. The summed E-state index contributed by atoms with van der Waals surface area (Å²) in [6.07, 6.45) is 12.4. The second kappa shape index (κ2) is 5.52. The zero-order valence-corrected chi connectivity index (χ0v) is 12.7. The molecule has 0 aliphatic heterocycles. The maximum atomic E-state index is 3.81. The fourth-order valence-electron chi connectivity index (χ4n) is 3.59. The molecule has 0 amide bonds. The Kier molecular flexibility index (Phi) is 4.46. The van der Waals surface area contributed by atoms with Gasteiger partial charge in [0.05, 0.1) is 0 Å². The summed E-state index contributed by atoms with van der Waals surface area (Å²) >= 11 is 2.07. The SMILES string of the molecule is CSC1(CNCC2(CC(C)C)CCCC2)CC1. The summed E-state index contributed by atoms with van der Waals surface area (Å²) in [7, 11) is 0. The van der Waals surface area contributed by atoms with Gasteiger partial charge in [-0.15, -0.1) is 0 Å². The average Bonchev–Trinajstić information content (AvgIpc) is 2.92. The molecule has 1 N–H and O–H groups in total. The highest BCUT2D eigenvalue weighted by Crippen LogP contribution is 2.47. The van der Waals surface area contributed by atoms with E-state index in [9.17, 15) is 0 Å². The summed E-state index contributed by atoms with van der Waals surface area (Å²) in [4.78, 5) is 0. The van der Waals surface area contributed by atoms with Gasteiger partial charge in [-0.3, -0.25) is 0 Å². The van der Waals surface area contributed by atoms with Gasteiger partial charge in [-0.1, -0.05) is 26.7 Å². The van der Waals surface area contributed by atoms with Crippen LogP contribution in [0.4, 0.5) is 0 Å². The van der Waals surface area contributed by atoms with Crippen molar-refractivity contribution in [3.63, 3.8) is 0 Å². The first-order valence-electron chi connectivity index (χ1n) is 7.36. The third kappa shape index (κ3) is 3.64. The lowest BCUT2D eigenvalue weighted by Crippen LogP contribution is -2.37. The van der Waals surface area contributed by atoms with E-state index in [1.54, 1.807) is 0 Å². The third-order valence-electron chi connectivity index (χ3n) is 4.69. The van der Waals surface area contributed by atoms with Crippen LogP contribution < -0.4 is 5.32 Å². The van der Waals surface area contributed by atoms with Crippen LogP contribution in [-0.4, -0.2) is 24.1 Å². The fraction of sp³-hybridized carbons (Fsp3) is 1.00. The summed E-state index contributed by atoms with van der Waals surface area (Å²) < 4.78 is 0.623. The summed E-state index contributed by atoms with van der Waals surface area (Å²) in [6.45, 7) is 7.27. The van der Waals surface area contributed by atoms with Crippen molar-refractivity contribution in [1.29, 1.82) is 0 Å². The van der Waals surface area contributed by atoms with E-state index in [-0.39, 0.29) is 0 Å². The molecule has 100 valence electrons. The molecule has 0 radical (unpaired) electrons. The van der Waals surface area contributed by atoms with Crippen LogP contribution in [0.5, 0.6) is 0 Å². The number of thioether (sulfide) groups is 1. The molecule has 0 bridgehead atoms. The fourth-order valence-corrected chi connectivity index (χ4v) is 4.35. The van der Waals surface area contributed by atoms with Crippen LogP contribution in [0.1, 0.15) is 58.8 Å².